The topological polar surface area (TPSA) is 12.9 Å². The molecule has 0 aliphatic heterocycles. The minimum absolute atomic E-state index is 1.19. The maximum absolute atomic E-state index is 4.38. The van der Waals surface area contributed by atoms with Crippen LogP contribution in [0.5, 0.6) is 0 Å². The smallest absolute Gasteiger partial charge is 0.0438 e. The first kappa shape index (κ1) is 10.2. The molecule has 0 atom stereocenters. The molecule has 1 heterocycles. The van der Waals surface area contributed by atoms with E-state index in [1.54, 1.807) is 0 Å². The lowest BCUT2D eigenvalue weighted by Crippen LogP contribution is -2.06. The molecule has 0 fully saturated rings. The van der Waals surface area contributed by atoms with Gasteiger partial charge in [-0.3, -0.25) is 4.98 Å². The second-order valence-electron chi connectivity index (χ2n) is 3.26. The molecule has 0 aromatic carbocycles. The van der Waals surface area contributed by atoms with Crippen molar-refractivity contribution >= 4 is 0 Å². The summed E-state index contributed by atoms with van der Waals surface area (Å²) in [5.74, 6) is 0. The highest BCUT2D eigenvalue weighted by atomic mass is 14.7. The van der Waals surface area contributed by atoms with Gasteiger partial charge in [-0.05, 0) is 49.8 Å². The molecular formula is C12H19N. The van der Waals surface area contributed by atoms with Crippen LogP contribution >= 0.6 is 0 Å². The molecule has 1 aromatic rings. The third-order valence-electron chi connectivity index (χ3n) is 2.47. The van der Waals surface area contributed by atoms with Crippen LogP contribution in [-0.2, 0) is 12.8 Å². The summed E-state index contributed by atoms with van der Waals surface area (Å²) in [6.45, 7) is 6.19. The van der Waals surface area contributed by atoms with Gasteiger partial charge in [0.1, 0.15) is 0 Å². The summed E-state index contributed by atoms with van der Waals surface area (Å²) in [5.41, 5.74) is 4.28. The number of hydrogen-bond acceptors (Lipinski definition) is 1. The molecule has 72 valence electrons. The van der Waals surface area contributed by atoms with E-state index in [0.29, 0.717) is 0 Å². The summed E-state index contributed by atoms with van der Waals surface area (Å²) in [4.78, 5) is 4.38. The highest BCUT2D eigenvalue weighted by Gasteiger charge is 2.10. The summed E-state index contributed by atoms with van der Waals surface area (Å²) < 4.78 is 0. The van der Waals surface area contributed by atoms with Crippen LogP contribution in [0, 0.1) is 6.92 Å². The molecule has 0 saturated heterocycles. The molecule has 0 spiro atoms. The van der Waals surface area contributed by atoms with E-state index in [1.807, 2.05) is 20.0 Å². The maximum Gasteiger partial charge on any atom is 0.0438 e. The minimum atomic E-state index is 1.19. The highest BCUT2D eigenvalue weighted by Crippen LogP contribution is 2.21. The Bertz CT molecular complexity index is 266. The number of aryl methyl sites for hydroxylation is 2. The summed E-state index contributed by atoms with van der Waals surface area (Å²) in [5, 5.41) is 0. The van der Waals surface area contributed by atoms with Crippen LogP contribution in [0.1, 0.15) is 43.5 Å². The van der Waals surface area contributed by atoms with Gasteiger partial charge < -0.3 is 0 Å². The molecule has 0 radical (unpaired) electrons. The Morgan fingerprint density at radius 3 is 2.54 bits per heavy atom. The van der Waals surface area contributed by atoms with Gasteiger partial charge in [0.15, 0.2) is 0 Å². The van der Waals surface area contributed by atoms with Crippen LogP contribution in [-0.4, -0.2) is 4.98 Å². The standard InChI is InChI=1S/C10H13N.C2H6/c1-8-6-7-11-10-5-3-2-4-9(8)10;1-2/h6-7H,2-5H2,1H3;1-2H3. The van der Waals surface area contributed by atoms with Gasteiger partial charge in [-0.25, -0.2) is 0 Å². The van der Waals surface area contributed by atoms with E-state index in [4.69, 9.17) is 0 Å². The van der Waals surface area contributed by atoms with E-state index in [1.165, 1.54) is 42.5 Å². The molecular weight excluding hydrogens is 158 g/mol. The molecule has 1 nitrogen and oxygen atoms in total. The van der Waals surface area contributed by atoms with Gasteiger partial charge in [-0.2, -0.15) is 0 Å². The monoisotopic (exact) mass is 177 g/mol. The number of pyridine rings is 1. The lowest BCUT2D eigenvalue weighted by molar-refractivity contribution is 0.664. The van der Waals surface area contributed by atoms with Crippen molar-refractivity contribution in [2.75, 3.05) is 0 Å². The Morgan fingerprint density at radius 1 is 1.15 bits per heavy atom. The summed E-state index contributed by atoms with van der Waals surface area (Å²) in [7, 11) is 0. The lowest BCUT2D eigenvalue weighted by atomic mass is 9.93. The fourth-order valence-electron chi connectivity index (χ4n) is 1.80. The Hall–Kier alpha value is -0.850. The van der Waals surface area contributed by atoms with Crippen LogP contribution in [0.3, 0.4) is 0 Å². The third kappa shape index (κ3) is 2.30. The van der Waals surface area contributed by atoms with Crippen molar-refractivity contribution in [3.8, 4) is 0 Å². The fourth-order valence-corrected chi connectivity index (χ4v) is 1.80. The van der Waals surface area contributed by atoms with Gasteiger partial charge in [-0.15, -0.1) is 0 Å². The predicted molar refractivity (Wildman–Crippen MR) is 57.0 cm³/mol. The number of fused-ring (bicyclic) bond motifs is 1. The molecule has 1 aliphatic rings. The first-order valence-corrected chi connectivity index (χ1v) is 5.31. The van der Waals surface area contributed by atoms with Crippen LogP contribution in [0.25, 0.3) is 0 Å². The van der Waals surface area contributed by atoms with E-state index >= 15 is 0 Å². The van der Waals surface area contributed by atoms with Crippen molar-refractivity contribution in [1.29, 1.82) is 0 Å². The lowest BCUT2D eigenvalue weighted by Gasteiger charge is -2.15. The molecule has 1 aliphatic carbocycles. The zero-order valence-corrected chi connectivity index (χ0v) is 8.93. The SMILES string of the molecule is CC.Cc1ccnc2c1CCCC2. The summed E-state index contributed by atoms with van der Waals surface area (Å²) in [6.07, 6.45) is 7.04. The second kappa shape index (κ2) is 5.00. The fraction of sp³-hybridized carbons (Fsp3) is 0.583. The molecule has 2 rings (SSSR count). The van der Waals surface area contributed by atoms with Crippen LogP contribution in [0.15, 0.2) is 12.3 Å². The van der Waals surface area contributed by atoms with Crippen LogP contribution in [0.4, 0.5) is 0 Å². The number of hydrogen-bond donors (Lipinski definition) is 0. The Kier molecular flexibility index (Phi) is 3.94. The van der Waals surface area contributed by atoms with Gasteiger partial charge >= 0.3 is 0 Å². The quantitative estimate of drug-likeness (QED) is 0.592. The molecule has 0 unspecified atom stereocenters. The normalized spacial score (nSPS) is 14.1. The van der Waals surface area contributed by atoms with Gasteiger partial charge in [0.25, 0.3) is 0 Å². The van der Waals surface area contributed by atoms with E-state index in [9.17, 15) is 0 Å². The first-order valence-electron chi connectivity index (χ1n) is 5.31. The van der Waals surface area contributed by atoms with Crippen molar-refractivity contribution in [3.05, 3.63) is 29.1 Å². The third-order valence-corrected chi connectivity index (χ3v) is 2.47. The highest BCUT2D eigenvalue weighted by molar-refractivity contribution is 5.30. The number of aromatic nitrogens is 1. The van der Waals surface area contributed by atoms with Crippen molar-refractivity contribution in [2.45, 2.75) is 46.5 Å². The summed E-state index contributed by atoms with van der Waals surface area (Å²) in [6, 6.07) is 2.12. The van der Waals surface area contributed by atoms with E-state index < -0.39 is 0 Å². The molecule has 1 aromatic heterocycles. The van der Waals surface area contributed by atoms with Gasteiger partial charge in [-0.1, -0.05) is 13.8 Å². The van der Waals surface area contributed by atoms with Crippen molar-refractivity contribution < 1.29 is 0 Å². The maximum atomic E-state index is 4.38. The Morgan fingerprint density at radius 2 is 1.85 bits per heavy atom. The average molecular weight is 177 g/mol. The van der Waals surface area contributed by atoms with Crippen molar-refractivity contribution in [1.82, 2.24) is 4.98 Å². The molecule has 13 heavy (non-hydrogen) atoms. The average Bonchev–Trinajstić information content (AvgIpc) is 2.22. The molecule has 1 heteroatoms. The first-order chi connectivity index (χ1) is 6.38. The largest absolute Gasteiger partial charge is 0.261 e. The van der Waals surface area contributed by atoms with Crippen LogP contribution < -0.4 is 0 Å². The Labute approximate surface area is 81.2 Å². The van der Waals surface area contributed by atoms with E-state index in [2.05, 4.69) is 18.0 Å². The number of nitrogens with zero attached hydrogens (tertiary/aromatic N) is 1. The van der Waals surface area contributed by atoms with Crippen LogP contribution in [0.2, 0.25) is 0 Å². The zero-order chi connectivity index (χ0) is 9.68. The van der Waals surface area contributed by atoms with Crippen molar-refractivity contribution in [2.24, 2.45) is 0 Å². The second-order valence-corrected chi connectivity index (χ2v) is 3.26. The number of rotatable bonds is 0. The predicted octanol–water partition coefficient (Wildman–Crippen LogP) is 3.30. The van der Waals surface area contributed by atoms with E-state index in [0.717, 1.165) is 0 Å². The zero-order valence-electron chi connectivity index (χ0n) is 8.93. The van der Waals surface area contributed by atoms with Gasteiger partial charge in [0.2, 0.25) is 0 Å². The molecule has 0 amide bonds. The minimum Gasteiger partial charge on any atom is -0.261 e. The summed E-state index contributed by atoms with van der Waals surface area (Å²) >= 11 is 0. The molecule has 0 N–H and O–H groups in total. The van der Waals surface area contributed by atoms with Gasteiger partial charge in [0.05, 0.1) is 0 Å². The van der Waals surface area contributed by atoms with Crippen molar-refractivity contribution in [3.63, 3.8) is 0 Å². The molecule has 0 saturated carbocycles. The molecule has 0 bridgehead atoms. The van der Waals surface area contributed by atoms with E-state index in [-0.39, 0.29) is 0 Å². The van der Waals surface area contributed by atoms with Gasteiger partial charge in [0, 0.05) is 11.9 Å². The Balaban J connectivity index is 0.000000396.